The summed E-state index contributed by atoms with van der Waals surface area (Å²) >= 11 is 6.31. The number of carbonyl (C=O) groups excluding carboxylic acids is 2. The molecule has 3 atom stereocenters. The molecule has 0 bridgehead atoms. The van der Waals surface area contributed by atoms with Crippen molar-refractivity contribution in [1.29, 1.82) is 0 Å². The second-order valence-corrected chi connectivity index (χ2v) is 16.5. The second-order valence-electron chi connectivity index (χ2n) is 16.1. The fourth-order valence-corrected chi connectivity index (χ4v) is 7.47. The van der Waals surface area contributed by atoms with E-state index in [1.165, 1.54) is 30.3 Å². The number of aromatic nitrogens is 5. The molecule has 57 heavy (non-hydrogen) atoms. The molecule has 0 unspecified atom stereocenters. The van der Waals surface area contributed by atoms with Crippen LogP contribution in [0.15, 0.2) is 75.0 Å². The van der Waals surface area contributed by atoms with E-state index in [0.717, 1.165) is 17.3 Å². The van der Waals surface area contributed by atoms with Crippen LogP contribution in [0.25, 0.3) is 33.4 Å². The lowest BCUT2D eigenvalue weighted by Gasteiger charge is -2.27. The molecule has 0 radical (unpaired) electrons. The number of allylic oxidation sites excluding steroid dienone is 1. The molecule has 1 aliphatic carbocycles. The van der Waals surface area contributed by atoms with E-state index in [1.54, 1.807) is 64.3 Å². The number of hydrogen-bond donors (Lipinski definition) is 0. The summed E-state index contributed by atoms with van der Waals surface area (Å²) in [7, 11) is 0. The van der Waals surface area contributed by atoms with Crippen molar-refractivity contribution < 1.29 is 41.1 Å². The Morgan fingerprint density at radius 1 is 0.947 bits per heavy atom. The summed E-state index contributed by atoms with van der Waals surface area (Å²) in [5, 5.41) is 11.5. The third-order valence-electron chi connectivity index (χ3n) is 9.66. The SMILES string of the molecule is CC(C)(C)OC(=O)N(C(=O)OC(C)(C)C)c1noc2cc(C3=C(F)N=C([C@@H]4[C@H]5C[C@H]5c5cc(-c6cc(Cl)ccc6-n6cc(C(F)(F)F)nn6)cc(=O)n54)C3)ccc12. The van der Waals surface area contributed by atoms with Crippen LogP contribution >= 0.6 is 11.6 Å². The summed E-state index contributed by atoms with van der Waals surface area (Å²) in [6.07, 6.45) is -5.20. The van der Waals surface area contributed by atoms with Gasteiger partial charge in [0, 0.05) is 46.0 Å². The molecular formula is C39H34ClF4N7O6. The van der Waals surface area contributed by atoms with Gasteiger partial charge in [0.05, 0.1) is 23.3 Å². The first-order valence-corrected chi connectivity index (χ1v) is 18.2. The number of nitrogens with zero attached hydrogens (tertiary/aromatic N) is 7. The predicted molar refractivity (Wildman–Crippen MR) is 200 cm³/mol. The molecule has 296 valence electrons. The molecule has 2 aromatic carbocycles. The molecular weight excluding hydrogens is 774 g/mol. The van der Waals surface area contributed by atoms with Gasteiger partial charge in [-0.1, -0.05) is 28.0 Å². The number of fused-ring (bicyclic) bond motifs is 4. The van der Waals surface area contributed by atoms with Crippen LogP contribution < -0.4 is 10.5 Å². The smallest absolute Gasteiger partial charge is 0.436 e. The van der Waals surface area contributed by atoms with E-state index < -0.39 is 52.8 Å². The number of alkyl halides is 3. The quantitative estimate of drug-likeness (QED) is 0.125. The zero-order valence-corrected chi connectivity index (χ0v) is 32.1. The van der Waals surface area contributed by atoms with Gasteiger partial charge in [-0.15, -0.1) is 5.10 Å². The maximum absolute atomic E-state index is 15.8. The minimum atomic E-state index is -4.70. The fourth-order valence-electron chi connectivity index (χ4n) is 7.30. The number of imide groups is 1. The lowest BCUT2D eigenvalue weighted by atomic mass is 9.97. The van der Waals surface area contributed by atoms with Crippen LogP contribution in [0.3, 0.4) is 0 Å². The van der Waals surface area contributed by atoms with Gasteiger partial charge in [-0.25, -0.2) is 19.3 Å². The highest BCUT2D eigenvalue weighted by atomic mass is 35.5. The van der Waals surface area contributed by atoms with Gasteiger partial charge in [0.25, 0.3) is 5.56 Å². The Kier molecular flexibility index (Phi) is 8.75. The Morgan fingerprint density at radius 3 is 2.30 bits per heavy atom. The van der Waals surface area contributed by atoms with E-state index in [1.807, 2.05) is 0 Å². The summed E-state index contributed by atoms with van der Waals surface area (Å²) in [6.45, 7) is 9.87. The number of halogens is 5. The molecule has 5 aromatic rings. The van der Waals surface area contributed by atoms with E-state index >= 15 is 4.39 Å². The van der Waals surface area contributed by atoms with Crippen LogP contribution in [0, 0.1) is 5.92 Å². The number of carbonyl (C=O) groups is 2. The number of ether oxygens (including phenoxy) is 2. The molecule has 2 amide bonds. The van der Waals surface area contributed by atoms with E-state index in [9.17, 15) is 27.6 Å². The summed E-state index contributed by atoms with van der Waals surface area (Å²) in [4.78, 5) is 45.3. The summed E-state index contributed by atoms with van der Waals surface area (Å²) in [5.74, 6) is -0.951. The molecule has 0 N–H and O–H groups in total. The molecule has 3 aromatic heterocycles. The molecule has 2 aliphatic heterocycles. The van der Waals surface area contributed by atoms with Gasteiger partial charge >= 0.3 is 18.4 Å². The zero-order chi connectivity index (χ0) is 40.9. The Bertz CT molecular complexity index is 2600. The van der Waals surface area contributed by atoms with Crippen LogP contribution in [0.5, 0.6) is 0 Å². The molecule has 3 aliphatic rings. The highest BCUT2D eigenvalue weighted by Crippen LogP contribution is 2.60. The molecule has 0 spiro atoms. The molecule has 1 fully saturated rings. The van der Waals surface area contributed by atoms with Gasteiger partial charge in [-0.3, -0.25) is 4.79 Å². The number of anilines is 1. The minimum absolute atomic E-state index is 0.0201. The first-order chi connectivity index (χ1) is 26.7. The third kappa shape index (κ3) is 7.08. The molecule has 8 rings (SSSR count). The third-order valence-corrected chi connectivity index (χ3v) is 9.89. The van der Waals surface area contributed by atoms with Crippen molar-refractivity contribution >= 4 is 51.9 Å². The van der Waals surface area contributed by atoms with Gasteiger partial charge in [0.1, 0.15) is 11.2 Å². The maximum atomic E-state index is 15.8. The average molecular weight is 808 g/mol. The number of benzene rings is 2. The van der Waals surface area contributed by atoms with E-state index in [4.69, 9.17) is 25.6 Å². The Morgan fingerprint density at radius 2 is 1.65 bits per heavy atom. The van der Waals surface area contributed by atoms with Gasteiger partial charge < -0.3 is 18.6 Å². The van der Waals surface area contributed by atoms with E-state index in [2.05, 4.69) is 20.5 Å². The number of pyridine rings is 1. The van der Waals surface area contributed by atoms with Crippen molar-refractivity contribution in [3.05, 3.63) is 93.0 Å². The van der Waals surface area contributed by atoms with Crippen molar-refractivity contribution in [1.82, 2.24) is 24.7 Å². The average Bonchev–Trinajstić information content (AvgIpc) is 3.44. The molecule has 18 heteroatoms. The van der Waals surface area contributed by atoms with Crippen molar-refractivity contribution in [3.8, 4) is 16.8 Å². The van der Waals surface area contributed by atoms with Crippen molar-refractivity contribution in [2.24, 2.45) is 10.9 Å². The normalized spacial score (nSPS) is 19.1. The van der Waals surface area contributed by atoms with Crippen molar-refractivity contribution in [2.75, 3.05) is 4.90 Å². The summed E-state index contributed by atoms with van der Waals surface area (Å²) in [6, 6.07) is 11.8. The second kappa shape index (κ2) is 13.1. The van der Waals surface area contributed by atoms with Crippen molar-refractivity contribution in [2.45, 2.75) is 83.7 Å². The Hall–Kier alpha value is -5.84. The largest absolute Gasteiger partial charge is 0.443 e. The number of aliphatic imine (C=N–C) groups is 1. The highest BCUT2D eigenvalue weighted by molar-refractivity contribution is 6.31. The standard InChI is InChI=1S/C39H34ClF4N7O6/c1-37(2,3)55-35(53)51(36(54)56-38(4,5)6)34-21-9-7-18(12-29(21)57-47-34)23-16-26(45-33(23)41)32-25-15-24(25)28-11-19(13-31(52)50(28)32)22-14-20(40)8-10-27(22)49-17-30(46-48-49)39(42,43)44/h7-14,17,24-25,32H,15-16H2,1-6H3/t24-,25+,32+/m1/s1. The molecule has 0 saturated heterocycles. The maximum Gasteiger partial charge on any atom is 0.436 e. The number of hydrogen-bond acceptors (Lipinski definition) is 10. The Labute approximate surface area is 326 Å². The van der Waals surface area contributed by atoms with E-state index in [0.29, 0.717) is 38.0 Å². The number of amides is 2. The Balaban J connectivity index is 1.07. The van der Waals surface area contributed by atoms with Gasteiger partial charge in [0.15, 0.2) is 17.1 Å². The van der Waals surface area contributed by atoms with Crippen LogP contribution in [-0.2, 0) is 15.7 Å². The molecule has 1 saturated carbocycles. The van der Waals surface area contributed by atoms with Crippen LogP contribution in [0.2, 0.25) is 5.02 Å². The van der Waals surface area contributed by atoms with Gasteiger partial charge in [-0.2, -0.15) is 22.5 Å². The fraction of sp³-hybridized carbons (Fsp3) is 0.359. The predicted octanol–water partition coefficient (Wildman–Crippen LogP) is 9.43. The zero-order valence-electron chi connectivity index (χ0n) is 31.3. The highest BCUT2D eigenvalue weighted by Gasteiger charge is 2.55. The minimum Gasteiger partial charge on any atom is -0.443 e. The van der Waals surface area contributed by atoms with Gasteiger partial charge in [-0.05, 0) is 101 Å². The van der Waals surface area contributed by atoms with Crippen LogP contribution in [-0.4, -0.2) is 53.8 Å². The lowest BCUT2D eigenvalue weighted by molar-refractivity contribution is -0.141. The summed E-state index contributed by atoms with van der Waals surface area (Å²) in [5.41, 5.74) is -0.490. The lowest BCUT2D eigenvalue weighted by Crippen LogP contribution is -2.44. The van der Waals surface area contributed by atoms with E-state index in [-0.39, 0.29) is 46.3 Å². The summed E-state index contributed by atoms with van der Waals surface area (Å²) < 4.78 is 74.8. The monoisotopic (exact) mass is 807 g/mol. The first kappa shape index (κ1) is 38.1. The van der Waals surface area contributed by atoms with Crippen LogP contribution in [0.1, 0.15) is 83.3 Å². The van der Waals surface area contributed by atoms with Gasteiger partial charge in [0.2, 0.25) is 5.95 Å². The molecule has 13 nitrogen and oxygen atoms in total. The molecule has 5 heterocycles. The van der Waals surface area contributed by atoms with Crippen LogP contribution in [0.4, 0.5) is 33.0 Å². The topological polar surface area (TPSA) is 147 Å². The number of rotatable bonds is 5. The first-order valence-electron chi connectivity index (χ1n) is 17.9. The van der Waals surface area contributed by atoms with Crippen molar-refractivity contribution in [3.63, 3.8) is 0 Å².